The van der Waals surface area contributed by atoms with Crippen LogP contribution in [-0.2, 0) is 0 Å². The van der Waals surface area contributed by atoms with Gasteiger partial charge < -0.3 is 10.5 Å². The molecule has 88 valence electrons. The number of methoxy groups -OCH3 is 1. The van der Waals surface area contributed by atoms with Crippen LogP contribution in [0, 0.1) is 20.8 Å². The third-order valence-corrected chi connectivity index (χ3v) is 3.88. The molecule has 1 fully saturated rings. The van der Waals surface area contributed by atoms with Gasteiger partial charge in [-0.3, -0.25) is 0 Å². The van der Waals surface area contributed by atoms with Crippen molar-refractivity contribution >= 4 is 0 Å². The molecule has 0 radical (unpaired) electrons. The van der Waals surface area contributed by atoms with Gasteiger partial charge in [0.1, 0.15) is 5.75 Å². The van der Waals surface area contributed by atoms with Gasteiger partial charge in [-0.2, -0.15) is 0 Å². The molecule has 16 heavy (non-hydrogen) atoms. The van der Waals surface area contributed by atoms with E-state index in [2.05, 4.69) is 26.8 Å². The molecule has 0 aliphatic heterocycles. The Morgan fingerprint density at radius 3 is 2.31 bits per heavy atom. The summed E-state index contributed by atoms with van der Waals surface area (Å²) >= 11 is 0. The summed E-state index contributed by atoms with van der Waals surface area (Å²) in [5, 5.41) is 0. The third-order valence-electron chi connectivity index (χ3n) is 3.88. The largest absolute Gasteiger partial charge is 0.496 e. The maximum atomic E-state index is 5.86. The van der Waals surface area contributed by atoms with Gasteiger partial charge in [-0.15, -0.1) is 0 Å². The number of ether oxygens (including phenoxy) is 1. The summed E-state index contributed by atoms with van der Waals surface area (Å²) in [7, 11) is 1.74. The first-order valence-electron chi connectivity index (χ1n) is 5.94. The minimum atomic E-state index is 0.409. The van der Waals surface area contributed by atoms with Crippen LogP contribution in [0.3, 0.4) is 0 Å². The van der Waals surface area contributed by atoms with Crippen LogP contribution in [0.25, 0.3) is 0 Å². The summed E-state index contributed by atoms with van der Waals surface area (Å²) in [4.78, 5) is 0. The normalized spacial score (nSPS) is 24.1. The SMILES string of the molecule is COc1c(C)cc(C2CC(N)C2)c(C)c1C. The first-order chi connectivity index (χ1) is 7.54. The molecule has 1 aromatic carbocycles. The summed E-state index contributed by atoms with van der Waals surface area (Å²) in [5.41, 5.74) is 11.2. The third kappa shape index (κ3) is 1.71. The van der Waals surface area contributed by atoms with Gasteiger partial charge in [-0.25, -0.2) is 0 Å². The fourth-order valence-corrected chi connectivity index (χ4v) is 2.74. The van der Waals surface area contributed by atoms with Crippen LogP contribution in [0.2, 0.25) is 0 Å². The zero-order chi connectivity index (χ0) is 11.9. The number of hydrogen-bond acceptors (Lipinski definition) is 2. The van der Waals surface area contributed by atoms with E-state index >= 15 is 0 Å². The molecule has 1 saturated carbocycles. The molecule has 2 nitrogen and oxygen atoms in total. The van der Waals surface area contributed by atoms with Crippen molar-refractivity contribution in [3.05, 3.63) is 28.3 Å². The number of hydrogen-bond donors (Lipinski definition) is 1. The fraction of sp³-hybridized carbons (Fsp3) is 0.571. The van der Waals surface area contributed by atoms with Crippen molar-refractivity contribution in [2.24, 2.45) is 5.73 Å². The summed E-state index contributed by atoms with van der Waals surface area (Å²) in [6.07, 6.45) is 2.26. The Labute approximate surface area is 97.8 Å². The standard InChI is InChI=1S/C14H21NO/c1-8-5-13(11-6-12(15)7-11)9(2)10(3)14(8)16-4/h5,11-12H,6-7,15H2,1-4H3. The van der Waals surface area contributed by atoms with Gasteiger partial charge in [0.05, 0.1) is 7.11 Å². The van der Waals surface area contributed by atoms with Crippen LogP contribution < -0.4 is 10.5 Å². The van der Waals surface area contributed by atoms with Gasteiger partial charge in [0.25, 0.3) is 0 Å². The predicted molar refractivity (Wildman–Crippen MR) is 67.2 cm³/mol. The Balaban J connectivity index is 2.40. The average Bonchev–Trinajstić information content (AvgIpc) is 2.20. The quantitative estimate of drug-likeness (QED) is 0.830. The molecule has 0 aromatic heterocycles. The summed E-state index contributed by atoms with van der Waals surface area (Å²) in [6, 6.07) is 2.68. The van der Waals surface area contributed by atoms with Crippen LogP contribution in [-0.4, -0.2) is 13.2 Å². The number of nitrogens with two attached hydrogens (primary N) is 1. The van der Waals surface area contributed by atoms with Crippen molar-refractivity contribution in [3.63, 3.8) is 0 Å². The second-order valence-electron chi connectivity index (χ2n) is 4.99. The van der Waals surface area contributed by atoms with Gasteiger partial charge in [-0.1, -0.05) is 6.07 Å². The molecule has 2 heteroatoms. The Hall–Kier alpha value is -1.02. The van der Waals surface area contributed by atoms with Crippen LogP contribution >= 0.6 is 0 Å². The van der Waals surface area contributed by atoms with Gasteiger partial charge in [0, 0.05) is 6.04 Å². The highest BCUT2D eigenvalue weighted by molar-refractivity contribution is 5.50. The van der Waals surface area contributed by atoms with Gasteiger partial charge in [0.2, 0.25) is 0 Å². The Bertz CT molecular complexity index is 406. The molecule has 2 N–H and O–H groups in total. The highest BCUT2D eigenvalue weighted by Gasteiger charge is 2.29. The lowest BCUT2D eigenvalue weighted by atomic mass is 9.74. The molecule has 0 amide bonds. The van der Waals surface area contributed by atoms with E-state index in [1.807, 2.05) is 0 Å². The number of rotatable bonds is 2. The summed E-state index contributed by atoms with van der Waals surface area (Å²) in [6.45, 7) is 6.45. The molecule has 0 spiro atoms. The molecule has 1 aliphatic carbocycles. The summed E-state index contributed by atoms with van der Waals surface area (Å²) in [5.74, 6) is 1.70. The van der Waals surface area contributed by atoms with E-state index in [4.69, 9.17) is 10.5 Å². The lowest BCUT2D eigenvalue weighted by molar-refractivity contribution is 0.349. The number of aryl methyl sites for hydroxylation is 1. The molecular formula is C14H21NO. The smallest absolute Gasteiger partial charge is 0.124 e. The molecule has 0 unspecified atom stereocenters. The number of benzene rings is 1. The minimum Gasteiger partial charge on any atom is -0.496 e. The van der Waals surface area contributed by atoms with E-state index in [9.17, 15) is 0 Å². The molecule has 2 rings (SSSR count). The molecule has 1 aliphatic rings. The lowest BCUT2D eigenvalue weighted by Gasteiger charge is -2.34. The highest BCUT2D eigenvalue weighted by Crippen LogP contribution is 2.40. The highest BCUT2D eigenvalue weighted by atomic mass is 16.5. The van der Waals surface area contributed by atoms with Crippen LogP contribution in [0.1, 0.15) is 41.0 Å². The molecule has 0 heterocycles. The van der Waals surface area contributed by atoms with E-state index in [1.54, 1.807) is 7.11 Å². The molecule has 1 aromatic rings. The van der Waals surface area contributed by atoms with Gasteiger partial charge in [-0.05, 0) is 61.8 Å². The maximum Gasteiger partial charge on any atom is 0.124 e. The van der Waals surface area contributed by atoms with E-state index in [0.29, 0.717) is 12.0 Å². The van der Waals surface area contributed by atoms with Gasteiger partial charge in [0.15, 0.2) is 0 Å². The molecule has 0 saturated heterocycles. The monoisotopic (exact) mass is 219 g/mol. The van der Waals surface area contributed by atoms with Crippen LogP contribution in [0.4, 0.5) is 0 Å². The second kappa shape index (κ2) is 4.10. The predicted octanol–water partition coefficient (Wildman–Crippen LogP) is 2.83. The van der Waals surface area contributed by atoms with Crippen LogP contribution in [0.5, 0.6) is 5.75 Å². The Kier molecular flexibility index (Phi) is 2.94. The minimum absolute atomic E-state index is 0.409. The topological polar surface area (TPSA) is 35.2 Å². The molecule has 0 atom stereocenters. The average molecular weight is 219 g/mol. The van der Waals surface area contributed by atoms with Crippen molar-refractivity contribution < 1.29 is 4.74 Å². The zero-order valence-corrected chi connectivity index (χ0v) is 10.6. The zero-order valence-electron chi connectivity index (χ0n) is 10.6. The van der Waals surface area contributed by atoms with E-state index in [0.717, 1.165) is 18.6 Å². The molecular weight excluding hydrogens is 198 g/mol. The maximum absolute atomic E-state index is 5.86. The van der Waals surface area contributed by atoms with E-state index in [1.165, 1.54) is 22.3 Å². The summed E-state index contributed by atoms with van der Waals surface area (Å²) < 4.78 is 5.44. The first-order valence-corrected chi connectivity index (χ1v) is 5.94. The van der Waals surface area contributed by atoms with E-state index < -0.39 is 0 Å². The van der Waals surface area contributed by atoms with Crippen molar-refractivity contribution in [1.82, 2.24) is 0 Å². The van der Waals surface area contributed by atoms with Crippen molar-refractivity contribution in [2.75, 3.05) is 7.11 Å². The van der Waals surface area contributed by atoms with Crippen molar-refractivity contribution in [2.45, 2.75) is 45.6 Å². The van der Waals surface area contributed by atoms with Crippen molar-refractivity contribution in [1.29, 1.82) is 0 Å². The lowest BCUT2D eigenvalue weighted by Crippen LogP contribution is -2.35. The Morgan fingerprint density at radius 2 is 1.81 bits per heavy atom. The molecule has 0 bridgehead atoms. The van der Waals surface area contributed by atoms with Gasteiger partial charge >= 0.3 is 0 Å². The van der Waals surface area contributed by atoms with Crippen LogP contribution in [0.15, 0.2) is 6.07 Å². The van der Waals surface area contributed by atoms with E-state index in [-0.39, 0.29) is 0 Å². The second-order valence-corrected chi connectivity index (χ2v) is 4.99. The fourth-order valence-electron chi connectivity index (χ4n) is 2.74. The Morgan fingerprint density at radius 1 is 1.19 bits per heavy atom. The van der Waals surface area contributed by atoms with Crippen molar-refractivity contribution in [3.8, 4) is 5.75 Å². The first kappa shape index (κ1) is 11.5.